The van der Waals surface area contributed by atoms with Gasteiger partial charge in [0.1, 0.15) is 0 Å². The second-order valence-corrected chi connectivity index (χ2v) is 5.90. The molecule has 1 N–H and O–H groups in total. The monoisotopic (exact) mass is 312 g/mol. The SMILES string of the molecule is CC(=NNC(=O)c1cccc(Cl)c1)c1ccc(Cl)s1. The maximum absolute atomic E-state index is 11.8. The number of hydrazone groups is 1. The van der Waals surface area contributed by atoms with Crippen molar-refractivity contribution in [2.45, 2.75) is 6.92 Å². The third-order valence-corrected chi connectivity index (χ3v) is 3.92. The fourth-order valence-corrected chi connectivity index (χ4v) is 2.57. The molecule has 1 aromatic carbocycles. The topological polar surface area (TPSA) is 41.5 Å². The van der Waals surface area contributed by atoms with Crippen molar-refractivity contribution < 1.29 is 4.79 Å². The van der Waals surface area contributed by atoms with E-state index in [1.807, 2.05) is 6.07 Å². The minimum absolute atomic E-state index is 0.301. The van der Waals surface area contributed by atoms with Crippen molar-refractivity contribution in [2.24, 2.45) is 5.10 Å². The van der Waals surface area contributed by atoms with Crippen LogP contribution in [0.2, 0.25) is 9.36 Å². The summed E-state index contributed by atoms with van der Waals surface area (Å²) in [4.78, 5) is 12.8. The molecular formula is C13H10Cl2N2OS. The number of carbonyl (C=O) groups excluding carboxylic acids is 1. The Morgan fingerprint density at radius 1 is 1.26 bits per heavy atom. The summed E-state index contributed by atoms with van der Waals surface area (Å²) in [5.74, 6) is -0.301. The Balaban J connectivity index is 2.07. The molecule has 0 saturated heterocycles. The lowest BCUT2D eigenvalue weighted by Crippen LogP contribution is -2.19. The van der Waals surface area contributed by atoms with E-state index in [4.69, 9.17) is 23.2 Å². The normalized spacial score (nSPS) is 11.4. The van der Waals surface area contributed by atoms with Gasteiger partial charge < -0.3 is 0 Å². The number of nitrogens with one attached hydrogen (secondary N) is 1. The van der Waals surface area contributed by atoms with Crippen LogP contribution in [0.3, 0.4) is 0 Å². The van der Waals surface area contributed by atoms with E-state index in [1.165, 1.54) is 11.3 Å². The van der Waals surface area contributed by atoms with Crippen LogP contribution in [0.5, 0.6) is 0 Å². The van der Waals surface area contributed by atoms with Crippen LogP contribution in [-0.2, 0) is 0 Å². The van der Waals surface area contributed by atoms with Crippen molar-refractivity contribution in [3.8, 4) is 0 Å². The number of rotatable bonds is 3. The Morgan fingerprint density at radius 3 is 2.68 bits per heavy atom. The van der Waals surface area contributed by atoms with E-state index in [1.54, 1.807) is 37.3 Å². The molecule has 1 aromatic heterocycles. The van der Waals surface area contributed by atoms with Crippen LogP contribution < -0.4 is 5.43 Å². The largest absolute Gasteiger partial charge is 0.271 e. The molecule has 0 fully saturated rings. The highest BCUT2D eigenvalue weighted by molar-refractivity contribution is 7.18. The summed E-state index contributed by atoms with van der Waals surface area (Å²) >= 11 is 13.1. The zero-order valence-electron chi connectivity index (χ0n) is 9.98. The average molecular weight is 313 g/mol. The second-order valence-electron chi connectivity index (χ2n) is 3.75. The van der Waals surface area contributed by atoms with Crippen LogP contribution in [0.4, 0.5) is 0 Å². The maximum atomic E-state index is 11.8. The van der Waals surface area contributed by atoms with E-state index in [0.29, 0.717) is 20.6 Å². The second kappa shape index (κ2) is 6.19. The van der Waals surface area contributed by atoms with Crippen molar-refractivity contribution in [3.63, 3.8) is 0 Å². The average Bonchev–Trinajstić information content (AvgIpc) is 2.82. The Hall–Kier alpha value is -1.36. The molecule has 0 aliphatic heterocycles. The molecule has 0 aliphatic rings. The van der Waals surface area contributed by atoms with E-state index in [0.717, 1.165) is 4.88 Å². The van der Waals surface area contributed by atoms with Gasteiger partial charge in [-0.3, -0.25) is 4.79 Å². The molecule has 19 heavy (non-hydrogen) atoms. The summed E-state index contributed by atoms with van der Waals surface area (Å²) in [6.45, 7) is 1.81. The van der Waals surface area contributed by atoms with Crippen LogP contribution >= 0.6 is 34.5 Å². The Labute approximate surface area is 124 Å². The van der Waals surface area contributed by atoms with Gasteiger partial charge in [-0.25, -0.2) is 5.43 Å². The van der Waals surface area contributed by atoms with Crippen LogP contribution in [0.1, 0.15) is 22.2 Å². The van der Waals surface area contributed by atoms with E-state index in [2.05, 4.69) is 10.5 Å². The standard InChI is InChI=1S/C13H10Cl2N2OS/c1-8(11-5-6-12(15)19-11)16-17-13(18)9-3-2-4-10(14)7-9/h2-7H,1H3,(H,17,18). The molecule has 1 heterocycles. The number of halogens is 2. The quantitative estimate of drug-likeness (QED) is 0.669. The van der Waals surface area contributed by atoms with Gasteiger partial charge in [0.15, 0.2) is 0 Å². The molecular weight excluding hydrogens is 303 g/mol. The molecule has 2 aromatic rings. The number of thiophene rings is 1. The van der Waals surface area contributed by atoms with E-state index in [9.17, 15) is 4.79 Å². The van der Waals surface area contributed by atoms with Crippen LogP contribution in [0.25, 0.3) is 0 Å². The zero-order chi connectivity index (χ0) is 13.8. The Kier molecular flexibility index (Phi) is 4.58. The number of nitrogens with zero attached hydrogens (tertiary/aromatic N) is 1. The molecule has 0 aliphatic carbocycles. The highest BCUT2D eigenvalue weighted by Crippen LogP contribution is 2.21. The Morgan fingerprint density at radius 2 is 2.05 bits per heavy atom. The minimum atomic E-state index is -0.301. The predicted molar refractivity (Wildman–Crippen MR) is 80.5 cm³/mol. The third-order valence-electron chi connectivity index (χ3n) is 2.34. The maximum Gasteiger partial charge on any atom is 0.271 e. The molecule has 1 amide bonds. The van der Waals surface area contributed by atoms with Gasteiger partial charge in [0.2, 0.25) is 0 Å². The number of hydrogen-bond acceptors (Lipinski definition) is 3. The number of amides is 1. The van der Waals surface area contributed by atoms with Crippen LogP contribution in [-0.4, -0.2) is 11.6 Å². The molecule has 0 bridgehead atoms. The summed E-state index contributed by atoms with van der Waals surface area (Å²) in [5.41, 5.74) is 3.65. The van der Waals surface area contributed by atoms with Gasteiger partial charge in [0.25, 0.3) is 5.91 Å². The van der Waals surface area contributed by atoms with Gasteiger partial charge in [-0.2, -0.15) is 5.10 Å². The fraction of sp³-hybridized carbons (Fsp3) is 0.0769. The van der Waals surface area contributed by atoms with Crippen LogP contribution in [0, 0.1) is 0 Å². The molecule has 0 saturated carbocycles. The summed E-state index contributed by atoms with van der Waals surface area (Å²) in [6.07, 6.45) is 0. The first-order chi connectivity index (χ1) is 9.06. The molecule has 0 atom stereocenters. The van der Waals surface area contributed by atoms with Crippen molar-refractivity contribution in [2.75, 3.05) is 0 Å². The summed E-state index contributed by atoms with van der Waals surface area (Å²) in [5, 5.41) is 4.55. The summed E-state index contributed by atoms with van der Waals surface area (Å²) < 4.78 is 0.686. The minimum Gasteiger partial charge on any atom is -0.267 e. The summed E-state index contributed by atoms with van der Waals surface area (Å²) in [6, 6.07) is 10.3. The lowest BCUT2D eigenvalue weighted by molar-refractivity contribution is 0.0955. The lowest BCUT2D eigenvalue weighted by Gasteiger charge is -2.01. The Bertz CT molecular complexity index is 637. The van der Waals surface area contributed by atoms with Gasteiger partial charge in [-0.05, 0) is 37.3 Å². The van der Waals surface area contributed by atoms with Gasteiger partial charge in [-0.15, -0.1) is 11.3 Å². The van der Waals surface area contributed by atoms with E-state index in [-0.39, 0.29) is 5.91 Å². The van der Waals surface area contributed by atoms with E-state index < -0.39 is 0 Å². The van der Waals surface area contributed by atoms with E-state index >= 15 is 0 Å². The molecule has 6 heteroatoms. The summed E-state index contributed by atoms with van der Waals surface area (Å²) in [7, 11) is 0. The smallest absolute Gasteiger partial charge is 0.267 e. The fourth-order valence-electron chi connectivity index (χ4n) is 1.39. The molecule has 0 spiro atoms. The predicted octanol–water partition coefficient (Wildman–Crippen LogP) is 4.21. The first kappa shape index (κ1) is 14.1. The zero-order valence-corrected chi connectivity index (χ0v) is 12.3. The molecule has 2 rings (SSSR count). The van der Waals surface area contributed by atoms with Gasteiger partial charge in [0.05, 0.1) is 14.9 Å². The molecule has 3 nitrogen and oxygen atoms in total. The number of benzene rings is 1. The molecule has 0 unspecified atom stereocenters. The highest BCUT2D eigenvalue weighted by Gasteiger charge is 2.06. The molecule has 98 valence electrons. The van der Waals surface area contributed by atoms with Crippen LogP contribution in [0.15, 0.2) is 41.5 Å². The van der Waals surface area contributed by atoms with Gasteiger partial charge in [0, 0.05) is 10.6 Å². The van der Waals surface area contributed by atoms with Gasteiger partial charge >= 0.3 is 0 Å². The first-order valence-electron chi connectivity index (χ1n) is 5.42. The van der Waals surface area contributed by atoms with Crippen molar-refractivity contribution in [1.82, 2.24) is 5.43 Å². The number of carbonyl (C=O) groups is 1. The van der Waals surface area contributed by atoms with Crippen molar-refractivity contribution in [3.05, 3.63) is 56.2 Å². The third kappa shape index (κ3) is 3.80. The number of hydrogen-bond donors (Lipinski definition) is 1. The lowest BCUT2D eigenvalue weighted by atomic mass is 10.2. The molecule has 0 radical (unpaired) electrons. The van der Waals surface area contributed by atoms with Gasteiger partial charge in [-0.1, -0.05) is 29.3 Å². The van der Waals surface area contributed by atoms with Crippen molar-refractivity contribution >= 4 is 46.2 Å². The highest BCUT2D eigenvalue weighted by atomic mass is 35.5. The van der Waals surface area contributed by atoms with Crippen molar-refractivity contribution in [1.29, 1.82) is 0 Å². The first-order valence-corrected chi connectivity index (χ1v) is 6.99.